The molecule has 0 saturated carbocycles. The lowest BCUT2D eigenvalue weighted by Crippen LogP contribution is -2.32. The fourth-order valence-corrected chi connectivity index (χ4v) is 5.42. The van der Waals surface area contributed by atoms with Gasteiger partial charge in [0.1, 0.15) is 11.6 Å². The fourth-order valence-electron chi connectivity index (χ4n) is 5.42. The lowest BCUT2D eigenvalue weighted by Gasteiger charge is -2.29. The number of benzene rings is 2. The zero-order chi connectivity index (χ0) is 34.8. The second-order valence-corrected chi connectivity index (χ2v) is 12.1. The summed E-state index contributed by atoms with van der Waals surface area (Å²) in [6.45, 7) is 8.43. The number of rotatable bonds is 11. The SMILES string of the molecule is CCOc1cc2c(c(F)c1OCC)C(=N)N(CC(=O)c1cc(N3CCC(O)C3)c(OCC(=O)OC(=O)C(F)(F)F)c(C(C)(C)C)c1)C2. The number of esters is 2. The predicted octanol–water partition coefficient (Wildman–Crippen LogP) is 4.53. The normalized spacial score (nSPS) is 16.3. The van der Waals surface area contributed by atoms with Crippen LogP contribution in [0.5, 0.6) is 17.2 Å². The van der Waals surface area contributed by atoms with E-state index >= 15 is 4.39 Å². The number of aliphatic hydroxyl groups excluding tert-OH is 1. The molecule has 1 fully saturated rings. The standard InChI is InChI=1S/C32H37F4N3O8/c1-6-44-23-12-18-13-39(29(37)25(18)26(33)28(23)45-7-2)15-22(41)17-10-20(31(3,4)5)27(21(11-17)38-9-8-19(40)14-38)46-16-24(42)47-30(43)32(34,35)36/h10-12,19,37,40H,6-9,13-16H2,1-5H3. The van der Waals surface area contributed by atoms with Crippen molar-refractivity contribution in [3.63, 3.8) is 0 Å². The third-order valence-corrected chi connectivity index (χ3v) is 7.58. The van der Waals surface area contributed by atoms with E-state index in [2.05, 4.69) is 4.74 Å². The average molecular weight is 668 g/mol. The number of carbonyl (C=O) groups excluding carboxylic acids is 3. The number of anilines is 1. The number of carbonyl (C=O) groups is 3. The number of amidine groups is 1. The van der Waals surface area contributed by atoms with Crippen LogP contribution in [0.1, 0.15) is 68.1 Å². The quantitative estimate of drug-likeness (QED) is 0.152. The molecule has 1 saturated heterocycles. The van der Waals surface area contributed by atoms with E-state index in [4.69, 9.17) is 19.6 Å². The number of fused-ring (bicyclic) bond motifs is 1. The van der Waals surface area contributed by atoms with Gasteiger partial charge in [-0.3, -0.25) is 10.2 Å². The average Bonchev–Trinajstić information content (AvgIpc) is 3.55. The highest BCUT2D eigenvalue weighted by Gasteiger charge is 2.42. The number of ketones is 1. The van der Waals surface area contributed by atoms with Gasteiger partial charge in [-0.2, -0.15) is 13.2 Å². The summed E-state index contributed by atoms with van der Waals surface area (Å²) in [5.74, 6) is -5.50. The van der Waals surface area contributed by atoms with E-state index in [1.165, 1.54) is 17.0 Å². The number of Topliss-reactive ketones (excluding diaryl/α,β-unsaturated/α-hetero) is 1. The Bertz CT molecular complexity index is 1570. The number of nitrogens with zero attached hydrogens (tertiary/aromatic N) is 2. The van der Waals surface area contributed by atoms with E-state index in [0.717, 1.165) is 0 Å². The van der Waals surface area contributed by atoms with Gasteiger partial charge in [-0.15, -0.1) is 0 Å². The minimum absolute atomic E-state index is 0.00599. The van der Waals surface area contributed by atoms with Gasteiger partial charge in [0.15, 0.2) is 29.7 Å². The molecule has 0 bridgehead atoms. The van der Waals surface area contributed by atoms with Crippen LogP contribution in [0.3, 0.4) is 0 Å². The Labute approximate surface area is 268 Å². The van der Waals surface area contributed by atoms with Gasteiger partial charge in [0.2, 0.25) is 0 Å². The van der Waals surface area contributed by atoms with Crippen molar-refractivity contribution in [3.05, 3.63) is 46.3 Å². The van der Waals surface area contributed by atoms with Gasteiger partial charge >= 0.3 is 18.1 Å². The van der Waals surface area contributed by atoms with E-state index in [9.17, 15) is 32.7 Å². The number of hydrogen-bond donors (Lipinski definition) is 2. The van der Waals surface area contributed by atoms with Crippen LogP contribution < -0.4 is 19.1 Å². The topological polar surface area (TPSA) is 139 Å². The molecule has 2 N–H and O–H groups in total. The number of halogens is 4. The van der Waals surface area contributed by atoms with E-state index in [1.807, 2.05) is 0 Å². The minimum Gasteiger partial charge on any atom is -0.490 e. The summed E-state index contributed by atoms with van der Waals surface area (Å²) in [5, 5.41) is 18.9. The van der Waals surface area contributed by atoms with Gasteiger partial charge in [0.25, 0.3) is 0 Å². The second kappa shape index (κ2) is 13.8. The van der Waals surface area contributed by atoms with Crippen LogP contribution in [-0.4, -0.2) is 85.3 Å². The van der Waals surface area contributed by atoms with E-state index in [0.29, 0.717) is 29.8 Å². The first-order valence-electron chi connectivity index (χ1n) is 15.0. The maximum atomic E-state index is 15.6. The summed E-state index contributed by atoms with van der Waals surface area (Å²) in [5.41, 5.74) is 0.599. The van der Waals surface area contributed by atoms with Crippen LogP contribution in [-0.2, 0) is 26.3 Å². The fraction of sp³-hybridized carbons (Fsp3) is 0.500. The molecule has 0 aromatic heterocycles. The van der Waals surface area contributed by atoms with Crippen molar-refractivity contribution in [1.29, 1.82) is 5.41 Å². The van der Waals surface area contributed by atoms with Crippen molar-refractivity contribution < 1.29 is 56.0 Å². The third kappa shape index (κ3) is 7.77. The van der Waals surface area contributed by atoms with Crippen molar-refractivity contribution in [2.45, 2.75) is 65.3 Å². The zero-order valence-corrected chi connectivity index (χ0v) is 26.7. The van der Waals surface area contributed by atoms with Crippen molar-refractivity contribution >= 4 is 29.2 Å². The minimum atomic E-state index is -5.37. The number of aliphatic hydroxyl groups is 1. The van der Waals surface area contributed by atoms with E-state index in [-0.39, 0.29) is 67.1 Å². The Morgan fingerprint density at radius 2 is 1.70 bits per heavy atom. The Hall–Kier alpha value is -4.40. The highest BCUT2D eigenvalue weighted by molar-refractivity contribution is 6.06. The molecule has 15 heteroatoms. The van der Waals surface area contributed by atoms with Crippen LogP contribution in [0.25, 0.3) is 0 Å². The summed E-state index contributed by atoms with van der Waals surface area (Å²) in [7, 11) is 0. The molecular formula is C32H37F4N3O8. The number of nitrogens with one attached hydrogen (secondary N) is 1. The molecule has 0 amide bonds. The third-order valence-electron chi connectivity index (χ3n) is 7.58. The lowest BCUT2D eigenvalue weighted by atomic mass is 9.84. The maximum absolute atomic E-state index is 15.6. The van der Waals surface area contributed by atoms with E-state index in [1.54, 1.807) is 45.6 Å². The molecule has 0 aliphatic carbocycles. The van der Waals surface area contributed by atoms with Crippen molar-refractivity contribution in [2.75, 3.05) is 44.4 Å². The van der Waals surface area contributed by atoms with Gasteiger partial charge in [0, 0.05) is 30.8 Å². The van der Waals surface area contributed by atoms with Gasteiger partial charge in [-0.25, -0.2) is 14.0 Å². The largest absolute Gasteiger partial charge is 0.491 e. The first-order valence-corrected chi connectivity index (χ1v) is 15.0. The van der Waals surface area contributed by atoms with Gasteiger partial charge in [0.05, 0.1) is 37.1 Å². The van der Waals surface area contributed by atoms with Crippen LogP contribution in [0.2, 0.25) is 0 Å². The molecule has 256 valence electrons. The molecule has 47 heavy (non-hydrogen) atoms. The molecule has 4 rings (SSSR count). The first kappa shape index (κ1) is 35.5. The maximum Gasteiger partial charge on any atom is 0.491 e. The summed E-state index contributed by atoms with van der Waals surface area (Å²) in [6.07, 6.45) is -5.70. The number of ether oxygens (including phenoxy) is 4. The summed E-state index contributed by atoms with van der Waals surface area (Å²) < 4.78 is 74.0. The summed E-state index contributed by atoms with van der Waals surface area (Å²) >= 11 is 0. The second-order valence-electron chi connectivity index (χ2n) is 12.1. The van der Waals surface area contributed by atoms with Crippen molar-refractivity contribution in [3.8, 4) is 17.2 Å². The van der Waals surface area contributed by atoms with E-state index < -0.39 is 47.8 Å². The van der Waals surface area contributed by atoms with Gasteiger partial charge in [-0.1, -0.05) is 20.8 Å². The monoisotopic (exact) mass is 667 g/mol. The Morgan fingerprint density at radius 1 is 1.02 bits per heavy atom. The highest BCUT2D eigenvalue weighted by Crippen LogP contribution is 2.42. The van der Waals surface area contributed by atoms with Crippen molar-refractivity contribution in [1.82, 2.24) is 4.90 Å². The van der Waals surface area contributed by atoms with Crippen LogP contribution in [0, 0.1) is 11.2 Å². The molecule has 2 aliphatic heterocycles. The first-order chi connectivity index (χ1) is 22.0. The highest BCUT2D eigenvalue weighted by atomic mass is 19.4. The molecule has 0 radical (unpaired) electrons. The smallest absolute Gasteiger partial charge is 0.490 e. The van der Waals surface area contributed by atoms with Crippen LogP contribution >= 0.6 is 0 Å². The molecule has 2 heterocycles. The molecule has 1 unspecified atom stereocenters. The molecule has 1 atom stereocenters. The van der Waals surface area contributed by atoms with Crippen molar-refractivity contribution in [2.24, 2.45) is 0 Å². The summed E-state index contributed by atoms with van der Waals surface area (Å²) in [6, 6.07) is 4.60. The molecule has 2 aromatic rings. The lowest BCUT2D eigenvalue weighted by molar-refractivity contribution is -0.202. The molecule has 0 spiro atoms. The van der Waals surface area contributed by atoms with Crippen LogP contribution in [0.15, 0.2) is 18.2 Å². The van der Waals surface area contributed by atoms with Crippen LogP contribution in [0.4, 0.5) is 23.2 Å². The number of β-amino-alcohol motifs (C(OH)–C–C–N with tert-alkyl or cyclic N) is 1. The predicted molar refractivity (Wildman–Crippen MR) is 161 cm³/mol. The van der Waals surface area contributed by atoms with Gasteiger partial charge < -0.3 is 33.9 Å². The zero-order valence-electron chi connectivity index (χ0n) is 26.7. The molecule has 2 aromatic carbocycles. The summed E-state index contributed by atoms with van der Waals surface area (Å²) in [4.78, 5) is 40.2. The van der Waals surface area contributed by atoms with Gasteiger partial charge in [-0.05, 0) is 49.4 Å². The number of hydrogen-bond acceptors (Lipinski definition) is 10. The molecule has 2 aliphatic rings. The number of alkyl halides is 3. The Morgan fingerprint density at radius 3 is 2.28 bits per heavy atom. The molecule has 11 nitrogen and oxygen atoms in total. The Kier molecular flexibility index (Phi) is 10.4. The molecular weight excluding hydrogens is 630 g/mol. The Balaban J connectivity index is 1.67.